The number of ether oxygens (including phenoxy) is 4. The summed E-state index contributed by atoms with van der Waals surface area (Å²) in [6, 6.07) is 0. The molecular weight excluding hydrogens is 612 g/mol. The minimum atomic E-state index is -1.77. The molecule has 0 aromatic carbocycles. The highest BCUT2D eigenvalue weighted by molar-refractivity contribution is 5.69. The number of carbonyl (C=O) groups is 1. The molecule has 7 N–H and O–H groups in total. The number of esters is 1. The lowest BCUT2D eigenvalue weighted by atomic mass is 9.97. The number of aliphatic hydroxyl groups excluding tert-OH is 7. The van der Waals surface area contributed by atoms with Crippen molar-refractivity contribution in [2.45, 2.75) is 204 Å². The van der Waals surface area contributed by atoms with Gasteiger partial charge in [0.2, 0.25) is 0 Å². The lowest BCUT2D eigenvalue weighted by Gasteiger charge is -2.45. The molecule has 47 heavy (non-hydrogen) atoms. The highest BCUT2D eigenvalue weighted by atomic mass is 16.7. The van der Waals surface area contributed by atoms with E-state index in [-0.39, 0.29) is 6.42 Å². The number of hydrogen-bond acceptors (Lipinski definition) is 12. The summed E-state index contributed by atoms with van der Waals surface area (Å²) < 4.78 is 21.4. The Morgan fingerprint density at radius 2 is 0.979 bits per heavy atom. The van der Waals surface area contributed by atoms with E-state index in [2.05, 4.69) is 20.8 Å². The zero-order chi connectivity index (χ0) is 35.0. The van der Waals surface area contributed by atoms with Gasteiger partial charge in [0, 0.05) is 6.42 Å². The van der Waals surface area contributed by atoms with Gasteiger partial charge in [0.15, 0.2) is 18.7 Å². The SMILES string of the molecule is CCCCCCC.CCCCCCCCCCCCCCCC(=O)O[C@@H]1[C@@H](O)[C@@H](O[C@H]2[C@H](O)[C@@H](O)[C@H](O)O[C@@H]2CO)O[C@H](CO)[C@H]1O. The van der Waals surface area contributed by atoms with Gasteiger partial charge in [0.05, 0.1) is 13.2 Å². The maximum atomic E-state index is 12.5. The normalized spacial score (nSPS) is 30.9. The molecule has 0 spiro atoms. The zero-order valence-corrected chi connectivity index (χ0v) is 29.3. The topological polar surface area (TPSA) is 196 Å². The molecular formula is C35H68O12. The number of unbranched alkanes of at least 4 members (excludes halogenated alkanes) is 16. The summed E-state index contributed by atoms with van der Waals surface area (Å²) in [5.74, 6) is -0.628. The van der Waals surface area contributed by atoms with Crippen LogP contribution in [-0.4, -0.2) is 116 Å². The molecule has 12 heteroatoms. The lowest BCUT2D eigenvalue weighted by molar-refractivity contribution is -0.355. The van der Waals surface area contributed by atoms with E-state index in [0.717, 1.165) is 19.3 Å². The average molecular weight is 681 g/mol. The van der Waals surface area contributed by atoms with E-state index >= 15 is 0 Å². The molecule has 2 aliphatic heterocycles. The third-order valence-corrected chi connectivity index (χ3v) is 8.91. The van der Waals surface area contributed by atoms with E-state index < -0.39 is 80.6 Å². The minimum Gasteiger partial charge on any atom is -0.456 e. The van der Waals surface area contributed by atoms with Crippen molar-refractivity contribution in [1.29, 1.82) is 0 Å². The summed E-state index contributed by atoms with van der Waals surface area (Å²) >= 11 is 0. The Labute approximate surface area is 282 Å². The van der Waals surface area contributed by atoms with Crippen molar-refractivity contribution in [2.24, 2.45) is 0 Å². The molecule has 2 saturated heterocycles. The lowest BCUT2D eigenvalue weighted by Crippen LogP contribution is -2.65. The number of carbonyl (C=O) groups excluding carboxylic acids is 1. The Balaban J connectivity index is 0.00000141. The molecule has 0 bridgehead atoms. The standard InChI is InChI=1S/C28H52O12.C7H16/c1-2-3-4-5-6-7-8-9-10-11-12-13-14-15-20(31)39-26-21(32)18(16-29)38-28(24(26)35)40-25-19(17-30)37-27(36)23(34)22(25)33;1-3-5-7-6-4-2/h18-19,21-30,32-36H,2-17H2,1H3;3-7H2,1-2H3/t18-,19-,21-,22-,23-,24-,25-,26+,27-,28-;/m1./s1. The van der Waals surface area contributed by atoms with E-state index in [9.17, 15) is 40.5 Å². The molecule has 0 amide bonds. The van der Waals surface area contributed by atoms with Gasteiger partial charge < -0.3 is 54.7 Å². The number of aliphatic hydroxyl groups is 7. The van der Waals surface area contributed by atoms with Gasteiger partial charge in [-0.3, -0.25) is 4.79 Å². The molecule has 2 fully saturated rings. The van der Waals surface area contributed by atoms with Gasteiger partial charge in [-0.05, 0) is 6.42 Å². The summed E-state index contributed by atoms with van der Waals surface area (Å²) in [4.78, 5) is 12.5. The molecule has 0 saturated carbocycles. The molecule has 0 unspecified atom stereocenters. The molecule has 0 aromatic rings. The van der Waals surface area contributed by atoms with Crippen LogP contribution in [0.15, 0.2) is 0 Å². The van der Waals surface area contributed by atoms with Gasteiger partial charge >= 0.3 is 5.97 Å². The first-order valence-electron chi connectivity index (χ1n) is 18.4. The molecule has 0 radical (unpaired) electrons. The molecule has 2 aliphatic rings. The van der Waals surface area contributed by atoms with Crippen LogP contribution in [0, 0.1) is 0 Å². The minimum absolute atomic E-state index is 0.0930. The largest absolute Gasteiger partial charge is 0.456 e. The Kier molecular flexibility index (Phi) is 25.2. The maximum Gasteiger partial charge on any atom is 0.306 e. The molecule has 12 nitrogen and oxygen atoms in total. The van der Waals surface area contributed by atoms with Gasteiger partial charge in [-0.15, -0.1) is 0 Å². The molecule has 0 aliphatic carbocycles. The van der Waals surface area contributed by atoms with Crippen molar-refractivity contribution in [3.63, 3.8) is 0 Å². The fraction of sp³-hybridized carbons (Fsp3) is 0.971. The van der Waals surface area contributed by atoms with Crippen molar-refractivity contribution in [3.05, 3.63) is 0 Å². The van der Waals surface area contributed by atoms with Gasteiger partial charge in [-0.25, -0.2) is 0 Å². The summed E-state index contributed by atoms with van der Waals surface area (Å²) in [6.45, 7) is 5.33. The van der Waals surface area contributed by atoms with Crippen LogP contribution in [0.25, 0.3) is 0 Å². The Morgan fingerprint density at radius 3 is 1.45 bits per heavy atom. The van der Waals surface area contributed by atoms with Gasteiger partial charge in [0.1, 0.15) is 42.7 Å². The molecule has 280 valence electrons. The van der Waals surface area contributed by atoms with E-state index in [1.165, 1.54) is 89.9 Å². The number of hydrogen-bond donors (Lipinski definition) is 7. The average Bonchev–Trinajstić information content (AvgIpc) is 3.06. The third-order valence-electron chi connectivity index (χ3n) is 8.91. The fourth-order valence-electron chi connectivity index (χ4n) is 5.87. The second-order valence-corrected chi connectivity index (χ2v) is 13.0. The molecule has 2 rings (SSSR count). The van der Waals surface area contributed by atoms with E-state index in [1.807, 2.05) is 0 Å². The summed E-state index contributed by atoms with van der Waals surface area (Å²) in [6.07, 6.45) is 6.59. The van der Waals surface area contributed by atoms with Gasteiger partial charge in [-0.2, -0.15) is 0 Å². The first-order valence-corrected chi connectivity index (χ1v) is 18.4. The van der Waals surface area contributed by atoms with Crippen LogP contribution < -0.4 is 0 Å². The zero-order valence-electron chi connectivity index (χ0n) is 29.3. The van der Waals surface area contributed by atoms with Crippen LogP contribution >= 0.6 is 0 Å². The van der Waals surface area contributed by atoms with Crippen molar-refractivity contribution >= 4 is 5.97 Å². The Bertz CT molecular complexity index is 752. The van der Waals surface area contributed by atoms with Gasteiger partial charge in [-0.1, -0.05) is 130 Å². The first kappa shape index (κ1) is 44.1. The highest BCUT2D eigenvalue weighted by Crippen LogP contribution is 2.30. The predicted molar refractivity (Wildman–Crippen MR) is 177 cm³/mol. The van der Waals surface area contributed by atoms with Crippen molar-refractivity contribution in [3.8, 4) is 0 Å². The van der Waals surface area contributed by atoms with Crippen LogP contribution in [0.5, 0.6) is 0 Å². The van der Waals surface area contributed by atoms with Crippen LogP contribution in [0.2, 0.25) is 0 Å². The van der Waals surface area contributed by atoms with Crippen LogP contribution in [0.4, 0.5) is 0 Å². The fourth-order valence-corrected chi connectivity index (χ4v) is 5.87. The van der Waals surface area contributed by atoms with Crippen LogP contribution in [0.1, 0.15) is 143 Å². The van der Waals surface area contributed by atoms with Crippen LogP contribution in [0.3, 0.4) is 0 Å². The van der Waals surface area contributed by atoms with Crippen molar-refractivity contribution in [2.75, 3.05) is 13.2 Å². The van der Waals surface area contributed by atoms with E-state index in [4.69, 9.17) is 18.9 Å². The van der Waals surface area contributed by atoms with E-state index in [0.29, 0.717) is 6.42 Å². The molecule has 0 aromatic heterocycles. The van der Waals surface area contributed by atoms with Gasteiger partial charge in [0.25, 0.3) is 0 Å². The smallest absolute Gasteiger partial charge is 0.306 e. The van der Waals surface area contributed by atoms with Crippen molar-refractivity contribution in [1.82, 2.24) is 0 Å². The summed E-state index contributed by atoms with van der Waals surface area (Å²) in [5.41, 5.74) is 0. The molecule has 10 atom stereocenters. The monoisotopic (exact) mass is 680 g/mol. The quantitative estimate of drug-likeness (QED) is 0.0613. The number of rotatable bonds is 23. The Hall–Kier alpha value is -0.930. The van der Waals surface area contributed by atoms with E-state index in [1.54, 1.807) is 0 Å². The van der Waals surface area contributed by atoms with Crippen molar-refractivity contribution < 1.29 is 59.5 Å². The third kappa shape index (κ3) is 17.0. The predicted octanol–water partition coefficient (Wildman–Crippen LogP) is 3.61. The summed E-state index contributed by atoms with van der Waals surface area (Å²) in [7, 11) is 0. The Morgan fingerprint density at radius 1 is 0.532 bits per heavy atom. The second kappa shape index (κ2) is 26.9. The highest BCUT2D eigenvalue weighted by Gasteiger charge is 2.51. The second-order valence-electron chi connectivity index (χ2n) is 13.0. The summed E-state index contributed by atoms with van der Waals surface area (Å²) in [5, 5.41) is 70.4. The van der Waals surface area contributed by atoms with Crippen LogP contribution in [-0.2, 0) is 23.7 Å². The molecule has 2 heterocycles. The first-order chi connectivity index (χ1) is 22.7. The maximum absolute atomic E-state index is 12.5.